The van der Waals surface area contributed by atoms with Crippen molar-refractivity contribution in [3.8, 4) is 11.8 Å². The first-order valence-electron chi connectivity index (χ1n) is 5.94. The maximum Gasteiger partial charge on any atom is 0.251 e. The number of carbonyl (C=O) groups excluding carboxylic acids is 1. The largest absolute Gasteiger partial charge is 0.384 e. The Bertz CT molecular complexity index is 625. The molecule has 1 amide bonds. The highest BCUT2D eigenvalue weighted by molar-refractivity contribution is 5.94. The molecular weight excluding hydrogens is 258 g/mol. The van der Waals surface area contributed by atoms with Gasteiger partial charge in [-0.25, -0.2) is 0 Å². The molecule has 0 radical (unpaired) electrons. The molecule has 7 nitrogen and oxygen atoms in total. The smallest absolute Gasteiger partial charge is 0.251 e. The Hall–Kier alpha value is -2.72. The van der Waals surface area contributed by atoms with Gasteiger partial charge in [0.2, 0.25) is 0 Å². The molecule has 0 saturated carbocycles. The number of aromatic amines is 1. The minimum Gasteiger partial charge on any atom is -0.384 e. The van der Waals surface area contributed by atoms with Crippen LogP contribution in [-0.4, -0.2) is 38.2 Å². The fourth-order valence-electron chi connectivity index (χ4n) is 1.54. The standard InChI is InChI=1S/C13H13N5O2/c1-9(12-15-17-18-16-12)14-13(20)11-6-4-10(5-7-11)3-2-8-19/h4-7,9,19H,8H2,1H3,(H,14,20)(H,15,16,17,18). The van der Waals surface area contributed by atoms with Gasteiger partial charge >= 0.3 is 0 Å². The molecule has 1 aromatic carbocycles. The van der Waals surface area contributed by atoms with Gasteiger partial charge in [0.05, 0.1) is 6.04 Å². The number of carbonyl (C=O) groups is 1. The fraction of sp³-hybridized carbons (Fsp3) is 0.231. The van der Waals surface area contributed by atoms with E-state index in [0.29, 0.717) is 11.4 Å². The third-order valence-corrected chi connectivity index (χ3v) is 2.56. The zero-order valence-electron chi connectivity index (χ0n) is 10.8. The lowest BCUT2D eigenvalue weighted by molar-refractivity contribution is 0.0938. The van der Waals surface area contributed by atoms with Crippen molar-refractivity contribution < 1.29 is 9.90 Å². The molecular formula is C13H13N5O2. The highest BCUT2D eigenvalue weighted by Crippen LogP contribution is 2.08. The van der Waals surface area contributed by atoms with Gasteiger partial charge in [-0.15, -0.1) is 10.2 Å². The number of aliphatic hydroxyl groups excluding tert-OH is 1. The van der Waals surface area contributed by atoms with E-state index in [1.165, 1.54) is 0 Å². The summed E-state index contributed by atoms with van der Waals surface area (Å²) in [5, 5.41) is 24.8. The van der Waals surface area contributed by atoms with Gasteiger partial charge in [-0.1, -0.05) is 17.1 Å². The molecule has 1 unspecified atom stereocenters. The van der Waals surface area contributed by atoms with E-state index in [0.717, 1.165) is 5.56 Å². The highest BCUT2D eigenvalue weighted by Gasteiger charge is 2.14. The second kappa shape index (κ2) is 6.45. The molecule has 1 atom stereocenters. The van der Waals surface area contributed by atoms with Crippen molar-refractivity contribution in [3.63, 3.8) is 0 Å². The molecule has 1 aromatic heterocycles. The number of benzene rings is 1. The van der Waals surface area contributed by atoms with Crippen molar-refractivity contribution in [3.05, 3.63) is 41.2 Å². The Kier molecular flexibility index (Phi) is 4.42. The number of tetrazole rings is 1. The summed E-state index contributed by atoms with van der Waals surface area (Å²) in [7, 11) is 0. The SMILES string of the molecule is CC(NC(=O)c1ccc(C#CCO)cc1)c1nn[nH]n1. The predicted octanol–water partition coefficient (Wildman–Crippen LogP) is 0.0345. The Labute approximate surface area is 115 Å². The van der Waals surface area contributed by atoms with Gasteiger partial charge in [-0.3, -0.25) is 4.79 Å². The number of nitrogens with one attached hydrogen (secondary N) is 2. The van der Waals surface area contributed by atoms with E-state index in [1.807, 2.05) is 0 Å². The van der Waals surface area contributed by atoms with Crippen molar-refractivity contribution >= 4 is 5.91 Å². The van der Waals surface area contributed by atoms with Crippen LogP contribution in [-0.2, 0) is 0 Å². The molecule has 102 valence electrons. The van der Waals surface area contributed by atoms with E-state index in [1.54, 1.807) is 31.2 Å². The number of nitrogens with zero attached hydrogens (tertiary/aromatic N) is 3. The molecule has 0 aliphatic rings. The maximum atomic E-state index is 12.0. The van der Waals surface area contributed by atoms with Crippen molar-refractivity contribution in [1.29, 1.82) is 0 Å². The van der Waals surface area contributed by atoms with Crippen LogP contribution < -0.4 is 5.32 Å². The van der Waals surface area contributed by atoms with Gasteiger partial charge < -0.3 is 10.4 Å². The van der Waals surface area contributed by atoms with Crippen LogP contribution in [0.2, 0.25) is 0 Å². The summed E-state index contributed by atoms with van der Waals surface area (Å²) in [4.78, 5) is 12.0. The van der Waals surface area contributed by atoms with E-state index in [-0.39, 0.29) is 18.6 Å². The van der Waals surface area contributed by atoms with Crippen LogP contribution in [0.25, 0.3) is 0 Å². The summed E-state index contributed by atoms with van der Waals surface area (Å²) in [5.41, 5.74) is 1.25. The first-order chi connectivity index (χ1) is 9.70. The lowest BCUT2D eigenvalue weighted by atomic mass is 10.1. The number of H-pyrrole nitrogens is 1. The first-order valence-corrected chi connectivity index (χ1v) is 5.94. The van der Waals surface area contributed by atoms with Crippen LogP contribution >= 0.6 is 0 Å². The Balaban J connectivity index is 2.02. The summed E-state index contributed by atoms with van der Waals surface area (Å²) in [6, 6.07) is 6.43. The van der Waals surface area contributed by atoms with Gasteiger partial charge in [-0.05, 0) is 31.2 Å². The molecule has 3 N–H and O–H groups in total. The van der Waals surface area contributed by atoms with Crippen molar-refractivity contribution in [2.24, 2.45) is 0 Å². The molecule has 1 heterocycles. The number of hydrogen-bond donors (Lipinski definition) is 3. The minimum absolute atomic E-state index is 0.190. The van der Waals surface area contributed by atoms with Crippen LogP contribution in [0.1, 0.15) is 34.7 Å². The molecule has 0 bridgehead atoms. The minimum atomic E-state index is -0.338. The highest BCUT2D eigenvalue weighted by atomic mass is 16.2. The van der Waals surface area contributed by atoms with E-state index in [4.69, 9.17) is 5.11 Å². The average molecular weight is 271 g/mol. The second-order valence-electron chi connectivity index (χ2n) is 4.00. The van der Waals surface area contributed by atoms with Crippen LogP contribution in [0.4, 0.5) is 0 Å². The van der Waals surface area contributed by atoms with Gasteiger partial charge in [0, 0.05) is 11.1 Å². The molecule has 20 heavy (non-hydrogen) atoms. The zero-order chi connectivity index (χ0) is 14.4. The summed E-state index contributed by atoms with van der Waals surface area (Å²) < 4.78 is 0. The summed E-state index contributed by atoms with van der Waals surface area (Å²) in [6.07, 6.45) is 0. The van der Waals surface area contributed by atoms with Gasteiger partial charge in [0.15, 0.2) is 5.82 Å². The van der Waals surface area contributed by atoms with Crippen LogP contribution in [0.3, 0.4) is 0 Å². The summed E-state index contributed by atoms with van der Waals surface area (Å²) in [5.74, 6) is 5.49. The Morgan fingerprint density at radius 3 is 2.80 bits per heavy atom. The predicted molar refractivity (Wildman–Crippen MR) is 70.5 cm³/mol. The quantitative estimate of drug-likeness (QED) is 0.683. The summed E-state index contributed by atoms with van der Waals surface area (Å²) >= 11 is 0. The van der Waals surface area contributed by atoms with E-state index < -0.39 is 0 Å². The van der Waals surface area contributed by atoms with Gasteiger partial charge in [0.1, 0.15) is 6.61 Å². The number of rotatable bonds is 3. The number of aliphatic hydroxyl groups is 1. The van der Waals surface area contributed by atoms with Crippen LogP contribution in [0.5, 0.6) is 0 Å². The number of amides is 1. The van der Waals surface area contributed by atoms with Crippen LogP contribution in [0, 0.1) is 11.8 Å². The molecule has 0 fully saturated rings. The second-order valence-corrected chi connectivity index (χ2v) is 4.00. The third-order valence-electron chi connectivity index (χ3n) is 2.56. The fourth-order valence-corrected chi connectivity index (χ4v) is 1.54. The number of hydrogen-bond acceptors (Lipinski definition) is 5. The first kappa shape index (κ1) is 13.7. The van der Waals surface area contributed by atoms with Crippen molar-refractivity contribution in [2.45, 2.75) is 13.0 Å². The molecule has 7 heteroatoms. The van der Waals surface area contributed by atoms with E-state index in [9.17, 15) is 4.79 Å². The van der Waals surface area contributed by atoms with E-state index >= 15 is 0 Å². The van der Waals surface area contributed by atoms with Gasteiger partial charge in [0.25, 0.3) is 5.91 Å². The Morgan fingerprint density at radius 2 is 2.20 bits per heavy atom. The van der Waals surface area contributed by atoms with Crippen LogP contribution in [0.15, 0.2) is 24.3 Å². The molecule has 0 aliphatic heterocycles. The van der Waals surface area contributed by atoms with Crippen molar-refractivity contribution in [1.82, 2.24) is 25.9 Å². The van der Waals surface area contributed by atoms with E-state index in [2.05, 4.69) is 37.8 Å². The molecule has 0 saturated heterocycles. The molecule has 2 rings (SSSR count). The van der Waals surface area contributed by atoms with Gasteiger partial charge in [-0.2, -0.15) is 5.21 Å². The lowest BCUT2D eigenvalue weighted by Gasteiger charge is -2.09. The molecule has 0 aliphatic carbocycles. The monoisotopic (exact) mass is 271 g/mol. The maximum absolute atomic E-state index is 12.0. The van der Waals surface area contributed by atoms with Crippen molar-refractivity contribution in [2.75, 3.05) is 6.61 Å². The average Bonchev–Trinajstić information content (AvgIpc) is 3.00. The zero-order valence-corrected chi connectivity index (χ0v) is 10.8. The normalized spacial score (nSPS) is 11.3. The third kappa shape index (κ3) is 3.40. The lowest BCUT2D eigenvalue weighted by Crippen LogP contribution is -2.27. The summed E-state index contributed by atoms with van der Waals surface area (Å²) in [6.45, 7) is 1.58. The Morgan fingerprint density at radius 1 is 1.45 bits per heavy atom. The molecule has 0 spiro atoms. The molecule has 2 aromatic rings. The number of aromatic nitrogens is 4. The topological polar surface area (TPSA) is 104 Å².